The molecule has 0 rings (SSSR count). The van der Waals surface area contributed by atoms with E-state index in [0.717, 1.165) is 96.3 Å². The third kappa shape index (κ3) is 63.6. The van der Waals surface area contributed by atoms with Gasteiger partial charge in [-0.3, -0.25) is 14.4 Å². The van der Waals surface area contributed by atoms with E-state index in [1.165, 1.54) is 205 Å². The van der Waals surface area contributed by atoms with Crippen LogP contribution in [0.15, 0.2) is 72.9 Å². The Balaban J connectivity index is 4.18. The molecule has 0 aliphatic heterocycles. The first kappa shape index (κ1) is 73.8. The molecule has 0 heterocycles. The summed E-state index contributed by atoms with van der Waals surface area (Å²) in [4.78, 5) is 38.2. The van der Waals surface area contributed by atoms with Crippen molar-refractivity contribution in [3.63, 3.8) is 0 Å². The van der Waals surface area contributed by atoms with E-state index in [2.05, 4.69) is 93.7 Å². The number of esters is 3. The predicted molar refractivity (Wildman–Crippen MR) is 335 cm³/mol. The summed E-state index contributed by atoms with van der Waals surface area (Å²) < 4.78 is 16.9. The molecule has 0 fully saturated rings. The Morgan fingerprint density at radius 2 is 0.468 bits per heavy atom. The van der Waals surface area contributed by atoms with Crippen LogP contribution in [-0.4, -0.2) is 37.2 Å². The predicted octanol–water partition coefficient (Wildman–Crippen LogP) is 22.9. The fourth-order valence-electron chi connectivity index (χ4n) is 9.64. The van der Waals surface area contributed by atoms with Crippen LogP contribution in [0.4, 0.5) is 0 Å². The van der Waals surface area contributed by atoms with Gasteiger partial charge < -0.3 is 14.2 Å². The van der Waals surface area contributed by atoms with Gasteiger partial charge in [-0.1, -0.05) is 299 Å². The topological polar surface area (TPSA) is 78.9 Å². The quantitative estimate of drug-likeness (QED) is 0.0261. The summed E-state index contributed by atoms with van der Waals surface area (Å²) in [6.07, 6.45) is 85.0. The summed E-state index contributed by atoms with van der Waals surface area (Å²) in [6.45, 7) is 6.62. The van der Waals surface area contributed by atoms with Crippen LogP contribution < -0.4 is 0 Å². The summed E-state index contributed by atoms with van der Waals surface area (Å²) >= 11 is 0. The molecule has 0 aromatic heterocycles. The van der Waals surface area contributed by atoms with Crippen LogP contribution in [-0.2, 0) is 28.6 Å². The smallest absolute Gasteiger partial charge is 0.306 e. The highest BCUT2D eigenvalue weighted by Gasteiger charge is 2.19. The van der Waals surface area contributed by atoms with Gasteiger partial charge in [-0.25, -0.2) is 0 Å². The molecule has 0 aromatic carbocycles. The van der Waals surface area contributed by atoms with Gasteiger partial charge in [0.05, 0.1) is 0 Å². The number of rotatable bonds is 61. The molecule has 1 atom stereocenters. The zero-order chi connectivity index (χ0) is 55.7. The molecule has 0 saturated heterocycles. The van der Waals surface area contributed by atoms with Crippen LogP contribution in [0.5, 0.6) is 0 Å². The molecule has 1 unspecified atom stereocenters. The highest BCUT2D eigenvalue weighted by Crippen LogP contribution is 2.17. The number of hydrogen-bond donors (Lipinski definition) is 0. The van der Waals surface area contributed by atoms with E-state index in [9.17, 15) is 14.4 Å². The van der Waals surface area contributed by atoms with Crippen molar-refractivity contribution in [3.8, 4) is 0 Å². The standard InChI is InChI=1S/C71H126O6/c1-4-7-10-13-16-19-21-23-25-27-29-31-32-33-34-35-36-37-38-40-41-43-45-47-49-52-55-58-61-64-70(73)76-67-68(66-75-69(72)63-60-57-54-51-18-15-12-9-6-3)77-71(74)65-62-59-56-53-50-48-46-44-42-39-30-28-26-24-22-20-17-14-11-8-5-2/h21-24,27-30,32-33,42,44,68H,4-20,25-26,31,34-41,43,45-67H2,1-3H3/b23-21-,24-22-,29-27-,30-28-,33-32-,44-42-. The first-order chi connectivity index (χ1) is 38.0. The van der Waals surface area contributed by atoms with Crippen molar-refractivity contribution < 1.29 is 28.6 Å². The molecular weight excluding hydrogens is 949 g/mol. The van der Waals surface area contributed by atoms with Gasteiger partial charge in [0, 0.05) is 19.3 Å². The van der Waals surface area contributed by atoms with Crippen LogP contribution in [0.25, 0.3) is 0 Å². The first-order valence-corrected chi connectivity index (χ1v) is 33.4. The van der Waals surface area contributed by atoms with E-state index in [1.54, 1.807) is 0 Å². The van der Waals surface area contributed by atoms with Crippen LogP contribution >= 0.6 is 0 Å². The Morgan fingerprint density at radius 3 is 0.727 bits per heavy atom. The van der Waals surface area contributed by atoms with Crippen LogP contribution in [0, 0.1) is 0 Å². The molecule has 0 aliphatic carbocycles. The number of ether oxygens (including phenoxy) is 3. The SMILES string of the molecule is CCCCCCC/C=C\C/C=C\C/C=C\CCCCCCCCCCCCCCCCC(=O)OCC(COC(=O)CCCCCCCCCCC)OC(=O)CCCCCCCC/C=C\C/C=C\C/C=C\CCCCCCC. The summed E-state index contributed by atoms with van der Waals surface area (Å²) in [7, 11) is 0. The van der Waals surface area contributed by atoms with E-state index < -0.39 is 6.10 Å². The number of carbonyl (C=O) groups is 3. The van der Waals surface area contributed by atoms with Gasteiger partial charge in [0.25, 0.3) is 0 Å². The van der Waals surface area contributed by atoms with Gasteiger partial charge in [0.2, 0.25) is 0 Å². The second kappa shape index (κ2) is 65.4. The molecule has 446 valence electrons. The number of unbranched alkanes of at least 4 members (excludes halogenated alkanes) is 38. The number of carbonyl (C=O) groups excluding carboxylic acids is 3. The lowest BCUT2D eigenvalue weighted by atomic mass is 10.0. The van der Waals surface area contributed by atoms with Crippen molar-refractivity contribution in [2.75, 3.05) is 13.2 Å². The summed E-state index contributed by atoms with van der Waals surface area (Å²) in [6, 6.07) is 0. The van der Waals surface area contributed by atoms with Gasteiger partial charge in [0.1, 0.15) is 13.2 Å². The first-order valence-electron chi connectivity index (χ1n) is 33.4. The molecule has 0 saturated carbocycles. The maximum absolute atomic E-state index is 12.9. The maximum atomic E-state index is 12.9. The van der Waals surface area contributed by atoms with E-state index in [-0.39, 0.29) is 31.1 Å². The Morgan fingerprint density at radius 1 is 0.260 bits per heavy atom. The molecule has 0 N–H and O–H groups in total. The molecule has 6 heteroatoms. The van der Waals surface area contributed by atoms with Crippen LogP contribution in [0.3, 0.4) is 0 Å². The third-order valence-corrected chi connectivity index (χ3v) is 14.7. The lowest BCUT2D eigenvalue weighted by molar-refractivity contribution is -0.167. The zero-order valence-corrected chi connectivity index (χ0v) is 51.2. The molecule has 6 nitrogen and oxygen atoms in total. The van der Waals surface area contributed by atoms with Gasteiger partial charge >= 0.3 is 17.9 Å². The fraction of sp³-hybridized carbons (Fsp3) is 0.789. The second-order valence-corrected chi connectivity index (χ2v) is 22.4. The molecule has 0 aromatic rings. The van der Waals surface area contributed by atoms with Crippen molar-refractivity contribution in [2.45, 2.75) is 348 Å². The van der Waals surface area contributed by atoms with Crippen LogP contribution in [0.2, 0.25) is 0 Å². The largest absolute Gasteiger partial charge is 0.462 e. The number of allylic oxidation sites excluding steroid dienone is 12. The van der Waals surface area contributed by atoms with E-state index in [4.69, 9.17) is 14.2 Å². The van der Waals surface area contributed by atoms with Gasteiger partial charge in [-0.05, 0) is 96.3 Å². The van der Waals surface area contributed by atoms with E-state index in [0.29, 0.717) is 19.3 Å². The Bertz CT molecular complexity index is 1420. The summed E-state index contributed by atoms with van der Waals surface area (Å²) in [5.41, 5.74) is 0. The molecule has 77 heavy (non-hydrogen) atoms. The van der Waals surface area contributed by atoms with Crippen molar-refractivity contribution in [1.82, 2.24) is 0 Å². The summed E-state index contributed by atoms with van der Waals surface area (Å²) in [5, 5.41) is 0. The number of hydrogen-bond acceptors (Lipinski definition) is 6. The lowest BCUT2D eigenvalue weighted by Crippen LogP contribution is -2.30. The average molecular weight is 1080 g/mol. The normalized spacial score (nSPS) is 12.5. The Hall–Kier alpha value is -3.15. The fourth-order valence-corrected chi connectivity index (χ4v) is 9.64. The van der Waals surface area contributed by atoms with E-state index in [1.807, 2.05) is 0 Å². The Labute approximate surface area is 478 Å². The summed E-state index contributed by atoms with van der Waals surface area (Å²) in [5.74, 6) is -0.879. The van der Waals surface area contributed by atoms with Gasteiger partial charge in [0.15, 0.2) is 6.10 Å². The highest BCUT2D eigenvalue weighted by molar-refractivity contribution is 5.71. The molecule has 0 aliphatic rings. The van der Waals surface area contributed by atoms with Gasteiger partial charge in [-0.15, -0.1) is 0 Å². The zero-order valence-electron chi connectivity index (χ0n) is 51.2. The second-order valence-electron chi connectivity index (χ2n) is 22.4. The van der Waals surface area contributed by atoms with Crippen molar-refractivity contribution in [2.24, 2.45) is 0 Å². The molecule has 0 amide bonds. The minimum Gasteiger partial charge on any atom is -0.462 e. The molecule has 0 spiro atoms. The van der Waals surface area contributed by atoms with Gasteiger partial charge in [-0.2, -0.15) is 0 Å². The maximum Gasteiger partial charge on any atom is 0.306 e. The molecular formula is C71H126O6. The lowest BCUT2D eigenvalue weighted by Gasteiger charge is -2.18. The monoisotopic (exact) mass is 1070 g/mol. The third-order valence-electron chi connectivity index (χ3n) is 14.7. The van der Waals surface area contributed by atoms with Crippen molar-refractivity contribution in [3.05, 3.63) is 72.9 Å². The molecule has 0 bridgehead atoms. The molecule has 0 radical (unpaired) electrons. The van der Waals surface area contributed by atoms with Crippen LogP contribution in [0.1, 0.15) is 342 Å². The van der Waals surface area contributed by atoms with E-state index >= 15 is 0 Å². The highest BCUT2D eigenvalue weighted by atomic mass is 16.6. The van der Waals surface area contributed by atoms with Crippen molar-refractivity contribution in [1.29, 1.82) is 0 Å². The average Bonchev–Trinajstić information content (AvgIpc) is 3.43. The minimum absolute atomic E-state index is 0.0779. The van der Waals surface area contributed by atoms with Crippen molar-refractivity contribution >= 4 is 17.9 Å². The Kier molecular flexibility index (Phi) is 62.7. The minimum atomic E-state index is -0.781.